The second kappa shape index (κ2) is 7.65. The van der Waals surface area contributed by atoms with Gasteiger partial charge in [-0.05, 0) is 43.0 Å². The highest BCUT2D eigenvalue weighted by molar-refractivity contribution is 5.77. The van der Waals surface area contributed by atoms with Gasteiger partial charge in [-0.2, -0.15) is 0 Å². The predicted molar refractivity (Wildman–Crippen MR) is 99.9 cm³/mol. The molecule has 0 spiro atoms. The average Bonchev–Trinajstić information content (AvgIpc) is 2.57. The third-order valence-electron chi connectivity index (χ3n) is 5.27. The lowest BCUT2D eigenvalue weighted by Crippen LogP contribution is -2.64. The van der Waals surface area contributed by atoms with Gasteiger partial charge < -0.3 is 19.7 Å². The zero-order chi connectivity index (χ0) is 17.9. The molecule has 2 aliphatic rings. The molecule has 5 nitrogen and oxygen atoms in total. The van der Waals surface area contributed by atoms with Crippen molar-refractivity contribution in [2.75, 3.05) is 20.4 Å². The second-order valence-electron chi connectivity index (χ2n) is 7.76. The van der Waals surface area contributed by atoms with Gasteiger partial charge in [-0.3, -0.25) is 5.41 Å². The SMILES string of the molecule is Cc1cc(C)cc(OCC2(CC3CCCCC3)NC(=N)N(C)CO2)c1. The fraction of sp³-hybridized carbons (Fsp3) is 0.650. The van der Waals surface area contributed by atoms with E-state index < -0.39 is 5.72 Å². The Balaban J connectivity index is 1.72. The molecule has 138 valence electrons. The lowest BCUT2D eigenvalue weighted by molar-refractivity contribution is -0.141. The largest absolute Gasteiger partial charge is 0.489 e. The van der Waals surface area contributed by atoms with Crippen LogP contribution in [0.1, 0.15) is 49.7 Å². The normalized spacial score (nSPS) is 24.9. The van der Waals surface area contributed by atoms with Crippen LogP contribution in [0.4, 0.5) is 0 Å². The molecule has 0 radical (unpaired) electrons. The molecule has 0 amide bonds. The number of hydrogen-bond donors (Lipinski definition) is 2. The highest BCUT2D eigenvalue weighted by atomic mass is 16.6. The van der Waals surface area contributed by atoms with Crippen LogP contribution in [0.3, 0.4) is 0 Å². The smallest absolute Gasteiger partial charge is 0.194 e. The Hall–Kier alpha value is -1.75. The molecule has 2 fully saturated rings. The first-order valence-electron chi connectivity index (χ1n) is 9.39. The lowest BCUT2D eigenvalue weighted by Gasteiger charge is -2.44. The minimum Gasteiger partial charge on any atom is -0.489 e. The van der Waals surface area contributed by atoms with E-state index in [0.29, 0.717) is 25.2 Å². The van der Waals surface area contributed by atoms with E-state index in [0.717, 1.165) is 12.2 Å². The van der Waals surface area contributed by atoms with Crippen molar-refractivity contribution in [1.82, 2.24) is 10.2 Å². The van der Waals surface area contributed by atoms with Gasteiger partial charge in [-0.1, -0.05) is 38.2 Å². The molecule has 0 aromatic heterocycles. The highest BCUT2D eigenvalue weighted by Gasteiger charge is 2.40. The molecule has 1 saturated heterocycles. The summed E-state index contributed by atoms with van der Waals surface area (Å²) in [7, 11) is 1.87. The van der Waals surface area contributed by atoms with E-state index in [9.17, 15) is 0 Å². The first-order valence-corrected chi connectivity index (χ1v) is 9.39. The minimum absolute atomic E-state index is 0.408. The number of hydrogen-bond acceptors (Lipinski definition) is 3. The molecule has 1 aromatic carbocycles. The summed E-state index contributed by atoms with van der Waals surface area (Å²) in [6.45, 7) is 5.01. The Morgan fingerprint density at radius 2 is 1.88 bits per heavy atom. The van der Waals surface area contributed by atoms with Crippen LogP contribution >= 0.6 is 0 Å². The molecule has 1 unspecified atom stereocenters. The first kappa shape index (κ1) is 18.1. The first-order chi connectivity index (χ1) is 12.0. The van der Waals surface area contributed by atoms with E-state index in [1.165, 1.54) is 43.2 Å². The summed E-state index contributed by atoms with van der Waals surface area (Å²) in [6.07, 6.45) is 7.34. The summed E-state index contributed by atoms with van der Waals surface area (Å²) >= 11 is 0. The summed E-state index contributed by atoms with van der Waals surface area (Å²) in [5.41, 5.74) is 1.78. The molecule has 3 rings (SSSR count). The Morgan fingerprint density at radius 3 is 2.52 bits per heavy atom. The van der Waals surface area contributed by atoms with Gasteiger partial charge in [-0.25, -0.2) is 0 Å². The zero-order valence-corrected chi connectivity index (χ0v) is 15.7. The van der Waals surface area contributed by atoms with Crippen molar-refractivity contribution in [3.8, 4) is 5.75 Å². The molecular weight excluding hydrogens is 314 g/mol. The summed E-state index contributed by atoms with van der Waals surface area (Å²) in [5, 5.41) is 11.5. The Labute approximate surface area is 151 Å². The molecule has 1 aliphatic heterocycles. The Kier molecular flexibility index (Phi) is 5.52. The van der Waals surface area contributed by atoms with Crippen molar-refractivity contribution in [2.24, 2.45) is 5.92 Å². The molecule has 1 aliphatic carbocycles. The molecule has 1 atom stereocenters. The molecule has 1 heterocycles. The summed E-state index contributed by atoms with van der Waals surface area (Å²) < 4.78 is 12.3. The van der Waals surface area contributed by atoms with E-state index in [1.807, 2.05) is 7.05 Å². The minimum atomic E-state index is -0.608. The van der Waals surface area contributed by atoms with Gasteiger partial charge in [0.05, 0.1) is 0 Å². The van der Waals surface area contributed by atoms with Crippen LogP contribution < -0.4 is 10.1 Å². The number of ether oxygens (including phenoxy) is 2. The number of nitrogens with one attached hydrogen (secondary N) is 2. The van der Waals surface area contributed by atoms with E-state index in [-0.39, 0.29) is 0 Å². The molecule has 1 saturated carbocycles. The number of rotatable bonds is 5. The van der Waals surface area contributed by atoms with Gasteiger partial charge in [-0.15, -0.1) is 0 Å². The third-order valence-corrected chi connectivity index (χ3v) is 5.27. The van der Waals surface area contributed by atoms with Crippen LogP contribution in [-0.2, 0) is 4.74 Å². The number of nitrogens with zero attached hydrogens (tertiary/aromatic N) is 1. The maximum atomic E-state index is 8.20. The van der Waals surface area contributed by atoms with Gasteiger partial charge in [0, 0.05) is 13.5 Å². The van der Waals surface area contributed by atoms with E-state index in [2.05, 4.69) is 37.4 Å². The van der Waals surface area contributed by atoms with Crippen molar-refractivity contribution in [1.29, 1.82) is 5.41 Å². The Morgan fingerprint density at radius 1 is 1.20 bits per heavy atom. The van der Waals surface area contributed by atoms with Crippen molar-refractivity contribution < 1.29 is 9.47 Å². The standard InChI is InChI=1S/C20H31N3O2/c1-15-9-16(2)11-18(10-15)24-13-20(12-17-7-5-4-6-8-17)22-19(21)23(3)14-25-20/h9-11,17H,4-8,12-14H2,1-3H3,(H2,21,22). The van der Waals surface area contributed by atoms with E-state index in [4.69, 9.17) is 14.9 Å². The summed E-state index contributed by atoms with van der Waals surface area (Å²) in [5.74, 6) is 1.92. The molecule has 5 heteroatoms. The maximum Gasteiger partial charge on any atom is 0.194 e. The van der Waals surface area contributed by atoms with Crippen molar-refractivity contribution >= 4 is 5.96 Å². The number of guanidine groups is 1. The lowest BCUT2D eigenvalue weighted by atomic mass is 9.83. The number of aryl methyl sites for hydroxylation is 2. The number of benzene rings is 1. The van der Waals surface area contributed by atoms with Crippen molar-refractivity contribution in [3.05, 3.63) is 29.3 Å². The van der Waals surface area contributed by atoms with Crippen LogP contribution in [0.25, 0.3) is 0 Å². The van der Waals surface area contributed by atoms with Gasteiger partial charge in [0.25, 0.3) is 0 Å². The van der Waals surface area contributed by atoms with E-state index >= 15 is 0 Å². The zero-order valence-electron chi connectivity index (χ0n) is 15.7. The van der Waals surface area contributed by atoms with Crippen LogP contribution in [0.5, 0.6) is 5.75 Å². The molecule has 25 heavy (non-hydrogen) atoms. The monoisotopic (exact) mass is 345 g/mol. The van der Waals surface area contributed by atoms with Gasteiger partial charge in [0.1, 0.15) is 19.1 Å². The molecular formula is C20H31N3O2. The third kappa shape index (κ3) is 4.66. The molecule has 2 N–H and O–H groups in total. The second-order valence-corrected chi connectivity index (χ2v) is 7.76. The predicted octanol–water partition coefficient (Wildman–Crippen LogP) is 3.79. The van der Waals surface area contributed by atoms with Crippen LogP contribution in [-0.4, -0.2) is 37.0 Å². The van der Waals surface area contributed by atoms with Crippen LogP contribution in [0.2, 0.25) is 0 Å². The quantitative estimate of drug-likeness (QED) is 0.852. The van der Waals surface area contributed by atoms with Crippen LogP contribution in [0, 0.1) is 25.2 Å². The van der Waals surface area contributed by atoms with Crippen molar-refractivity contribution in [3.63, 3.8) is 0 Å². The summed E-state index contributed by atoms with van der Waals surface area (Å²) in [4.78, 5) is 1.77. The topological polar surface area (TPSA) is 57.6 Å². The van der Waals surface area contributed by atoms with E-state index in [1.54, 1.807) is 4.90 Å². The average molecular weight is 345 g/mol. The fourth-order valence-electron chi connectivity index (χ4n) is 3.95. The fourth-order valence-corrected chi connectivity index (χ4v) is 3.95. The highest BCUT2D eigenvalue weighted by Crippen LogP contribution is 2.33. The summed E-state index contributed by atoms with van der Waals surface area (Å²) in [6, 6.07) is 6.26. The Bertz CT molecular complexity index is 593. The van der Waals surface area contributed by atoms with Gasteiger partial charge >= 0.3 is 0 Å². The van der Waals surface area contributed by atoms with Crippen molar-refractivity contribution in [2.45, 2.75) is 58.1 Å². The molecule has 0 bridgehead atoms. The molecule has 1 aromatic rings. The maximum absolute atomic E-state index is 8.20. The van der Waals surface area contributed by atoms with Gasteiger partial charge in [0.15, 0.2) is 11.7 Å². The van der Waals surface area contributed by atoms with Crippen LogP contribution in [0.15, 0.2) is 18.2 Å². The van der Waals surface area contributed by atoms with Gasteiger partial charge in [0.2, 0.25) is 0 Å².